The number of nitrogens with zero attached hydrogens (tertiary/aromatic N) is 1. The Morgan fingerprint density at radius 1 is 1.07 bits per heavy atom. The molecule has 0 bridgehead atoms. The van der Waals surface area contributed by atoms with Crippen LogP contribution in [0.5, 0.6) is 11.5 Å². The lowest BCUT2D eigenvalue weighted by Gasteiger charge is -2.18. The highest BCUT2D eigenvalue weighted by Crippen LogP contribution is 2.31. The zero-order valence-electron chi connectivity index (χ0n) is 16.9. The van der Waals surface area contributed by atoms with Gasteiger partial charge < -0.3 is 19.7 Å². The number of methoxy groups -OCH3 is 2. The van der Waals surface area contributed by atoms with Gasteiger partial charge in [-0.15, -0.1) is 0 Å². The van der Waals surface area contributed by atoms with Gasteiger partial charge >= 0.3 is 0 Å². The second-order valence-corrected chi connectivity index (χ2v) is 7.62. The van der Waals surface area contributed by atoms with Crippen molar-refractivity contribution in [1.29, 1.82) is 0 Å². The molecule has 6 nitrogen and oxygen atoms in total. The second kappa shape index (κ2) is 8.15. The van der Waals surface area contributed by atoms with Gasteiger partial charge in [0.05, 0.1) is 20.1 Å². The third kappa shape index (κ3) is 3.92. The van der Waals surface area contributed by atoms with Crippen LogP contribution < -0.4 is 19.7 Å². The molecule has 1 aliphatic carbocycles. The molecule has 0 radical (unpaired) electrons. The minimum Gasteiger partial charge on any atom is -0.493 e. The molecule has 1 unspecified atom stereocenters. The van der Waals surface area contributed by atoms with Crippen LogP contribution in [0.4, 0.5) is 5.69 Å². The maximum atomic E-state index is 12.7. The van der Waals surface area contributed by atoms with Gasteiger partial charge in [0.15, 0.2) is 11.5 Å². The van der Waals surface area contributed by atoms with Gasteiger partial charge in [-0.3, -0.25) is 9.59 Å². The van der Waals surface area contributed by atoms with Gasteiger partial charge in [-0.25, -0.2) is 0 Å². The lowest BCUT2D eigenvalue weighted by Crippen LogP contribution is -2.32. The Bertz CT molecular complexity index is 940. The molecule has 2 aromatic rings. The first-order valence-electron chi connectivity index (χ1n) is 10.00. The van der Waals surface area contributed by atoms with E-state index in [0.717, 1.165) is 24.1 Å². The van der Waals surface area contributed by atoms with Crippen molar-refractivity contribution < 1.29 is 19.1 Å². The van der Waals surface area contributed by atoms with Gasteiger partial charge in [0, 0.05) is 25.2 Å². The molecule has 1 heterocycles. The van der Waals surface area contributed by atoms with E-state index in [9.17, 15) is 9.59 Å². The fourth-order valence-corrected chi connectivity index (χ4v) is 4.18. The summed E-state index contributed by atoms with van der Waals surface area (Å²) >= 11 is 0. The monoisotopic (exact) mass is 394 g/mol. The lowest BCUT2D eigenvalue weighted by molar-refractivity contribution is -0.126. The predicted octanol–water partition coefficient (Wildman–Crippen LogP) is 2.86. The van der Waals surface area contributed by atoms with Crippen LogP contribution in [0.15, 0.2) is 36.4 Å². The van der Waals surface area contributed by atoms with Crippen LogP contribution in [0.1, 0.15) is 29.5 Å². The highest BCUT2D eigenvalue weighted by atomic mass is 16.5. The fourth-order valence-electron chi connectivity index (χ4n) is 4.18. The van der Waals surface area contributed by atoms with E-state index in [1.54, 1.807) is 19.1 Å². The first kappa shape index (κ1) is 19.3. The van der Waals surface area contributed by atoms with Gasteiger partial charge in [0.25, 0.3) is 0 Å². The lowest BCUT2D eigenvalue weighted by atomic mass is 10.1. The summed E-state index contributed by atoms with van der Waals surface area (Å²) in [4.78, 5) is 26.9. The van der Waals surface area contributed by atoms with Crippen LogP contribution in [0, 0.1) is 5.92 Å². The number of carbonyl (C=O) groups is 2. The smallest absolute Gasteiger partial charge is 0.227 e. The van der Waals surface area contributed by atoms with Crippen LogP contribution in [0.2, 0.25) is 0 Å². The number of fused-ring (bicyclic) bond motifs is 1. The molecule has 0 aromatic heterocycles. The molecule has 1 fully saturated rings. The number of hydrogen-bond donors (Lipinski definition) is 1. The highest BCUT2D eigenvalue weighted by Gasteiger charge is 2.35. The van der Waals surface area contributed by atoms with E-state index in [4.69, 9.17) is 9.47 Å². The molecular weight excluding hydrogens is 368 g/mol. The zero-order valence-corrected chi connectivity index (χ0v) is 16.9. The molecule has 1 saturated heterocycles. The van der Waals surface area contributed by atoms with Crippen molar-refractivity contribution in [2.24, 2.45) is 5.92 Å². The number of amides is 2. The maximum absolute atomic E-state index is 12.7. The number of ether oxygens (including phenoxy) is 2. The SMILES string of the molecule is COc1ccc(CNC(=O)C2CC(=O)N(c3ccc4c(c3)CCC4)C2)cc1OC. The summed E-state index contributed by atoms with van der Waals surface area (Å²) in [5, 5.41) is 2.95. The van der Waals surface area contributed by atoms with Gasteiger partial charge in [0.1, 0.15) is 0 Å². The normalized spacial score (nSPS) is 17.9. The second-order valence-electron chi connectivity index (χ2n) is 7.62. The van der Waals surface area contributed by atoms with Crippen LogP contribution in [0.3, 0.4) is 0 Å². The first-order valence-corrected chi connectivity index (χ1v) is 10.00. The van der Waals surface area contributed by atoms with Crippen LogP contribution in [-0.2, 0) is 29.0 Å². The van der Waals surface area contributed by atoms with E-state index in [-0.39, 0.29) is 24.2 Å². The van der Waals surface area contributed by atoms with Crippen LogP contribution >= 0.6 is 0 Å². The Morgan fingerprint density at radius 2 is 1.86 bits per heavy atom. The molecule has 0 saturated carbocycles. The van der Waals surface area contributed by atoms with E-state index in [1.165, 1.54) is 17.5 Å². The summed E-state index contributed by atoms with van der Waals surface area (Å²) in [6, 6.07) is 11.8. The van der Waals surface area contributed by atoms with Gasteiger partial charge in [0.2, 0.25) is 11.8 Å². The number of benzene rings is 2. The maximum Gasteiger partial charge on any atom is 0.227 e. The number of anilines is 1. The molecule has 6 heteroatoms. The Balaban J connectivity index is 1.38. The molecule has 29 heavy (non-hydrogen) atoms. The van der Waals surface area contributed by atoms with Crippen LogP contribution in [0.25, 0.3) is 0 Å². The van der Waals surface area contributed by atoms with Crippen molar-refractivity contribution in [2.45, 2.75) is 32.2 Å². The summed E-state index contributed by atoms with van der Waals surface area (Å²) in [7, 11) is 3.17. The standard InChI is InChI=1S/C23H26N2O4/c1-28-20-9-6-15(10-21(20)29-2)13-24-23(27)18-12-22(26)25(14-18)19-8-7-16-4-3-5-17(16)11-19/h6-11,18H,3-5,12-14H2,1-2H3,(H,24,27). The molecular formula is C23H26N2O4. The molecule has 4 rings (SSSR count). The largest absolute Gasteiger partial charge is 0.493 e. The molecule has 2 aromatic carbocycles. The first-order chi connectivity index (χ1) is 14.1. The van der Waals surface area contributed by atoms with E-state index in [1.807, 2.05) is 24.3 Å². The molecule has 2 aliphatic rings. The third-order valence-corrected chi connectivity index (χ3v) is 5.80. The summed E-state index contributed by atoms with van der Waals surface area (Å²) in [6.45, 7) is 0.804. The Kier molecular flexibility index (Phi) is 5.43. The van der Waals surface area contributed by atoms with Crippen molar-refractivity contribution >= 4 is 17.5 Å². The van der Waals surface area contributed by atoms with E-state index < -0.39 is 0 Å². The molecule has 0 spiro atoms. The van der Waals surface area contributed by atoms with Gasteiger partial charge in [-0.1, -0.05) is 12.1 Å². The number of carbonyl (C=O) groups excluding carboxylic acids is 2. The Hall–Kier alpha value is -3.02. The van der Waals surface area contributed by atoms with Crippen molar-refractivity contribution in [1.82, 2.24) is 5.32 Å². The number of nitrogens with one attached hydrogen (secondary N) is 1. The molecule has 152 valence electrons. The van der Waals surface area contributed by atoms with E-state index in [2.05, 4.69) is 17.4 Å². The fraction of sp³-hybridized carbons (Fsp3) is 0.391. The van der Waals surface area contributed by atoms with Crippen molar-refractivity contribution in [3.05, 3.63) is 53.1 Å². The van der Waals surface area contributed by atoms with Crippen molar-refractivity contribution in [3.8, 4) is 11.5 Å². The molecule has 1 atom stereocenters. The predicted molar refractivity (Wildman–Crippen MR) is 110 cm³/mol. The Labute approximate surface area is 170 Å². The van der Waals surface area contributed by atoms with Gasteiger partial charge in [-0.05, 0) is 60.2 Å². The summed E-state index contributed by atoms with van der Waals surface area (Å²) < 4.78 is 10.5. The molecule has 1 aliphatic heterocycles. The average molecular weight is 394 g/mol. The highest BCUT2D eigenvalue weighted by molar-refractivity contribution is 6.00. The van der Waals surface area contributed by atoms with E-state index >= 15 is 0 Å². The number of aryl methyl sites for hydroxylation is 2. The zero-order chi connectivity index (χ0) is 20.4. The summed E-state index contributed by atoms with van der Waals surface area (Å²) in [5.74, 6) is 0.842. The molecule has 1 N–H and O–H groups in total. The minimum atomic E-state index is -0.337. The van der Waals surface area contributed by atoms with Crippen molar-refractivity contribution in [3.63, 3.8) is 0 Å². The summed E-state index contributed by atoms with van der Waals surface area (Å²) in [6.07, 6.45) is 3.61. The van der Waals surface area contributed by atoms with Crippen LogP contribution in [-0.4, -0.2) is 32.6 Å². The average Bonchev–Trinajstić information content (AvgIpc) is 3.37. The molecule has 2 amide bonds. The Morgan fingerprint density at radius 3 is 2.66 bits per heavy atom. The van der Waals surface area contributed by atoms with E-state index in [0.29, 0.717) is 24.6 Å². The quantitative estimate of drug-likeness (QED) is 0.818. The topological polar surface area (TPSA) is 67.9 Å². The van der Waals surface area contributed by atoms with Crippen molar-refractivity contribution in [2.75, 3.05) is 25.7 Å². The number of hydrogen-bond acceptors (Lipinski definition) is 4. The van der Waals surface area contributed by atoms with Gasteiger partial charge in [-0.2, -0.15) is 0 Å². The minimum absolute atomic E-state index is 0.00853. The number of rotatable bonds is 6. The third-order valence-electron chi connectivity index (χ3n) is 5.80. The summed E-state index contributed by atoms with van der Waals surface area (Å²) in [5.41, 5.74) is 4.53.